The van der Waals surface area contributed by atoms with Crippen molar-refractivity contribution < 1.29 is 14.3 Å². The SMILES string of the molecule is CCOC(=O)c1c(C#N)cccc1C(=O)C(C)Cl. The van der Waals surface area contributed by atoms with Gasteiger partial charge >= 0.3 is 5.97 Å². The van der Waals surface area contributed by atoms with Crippen LogP contribution in [0.3, 0.4) is 0 Å². The van der Waals surface area contributed by atoms with E-state index in [1.165, 1.54) is 25.1 Å². The molecule has 0 aliphatic rings. The Morgan fingerprint density at radius 1 is 1.50 bits per heavy atom. The number of ketones is 1. The normalized spacial score (nSPS) is 11.4. The van der Waals surface area contributed by atoms with Crippen LogP contribution in [0.2, 0.25) is 0 Å². The number of alkyl halides is 1. The summed E-state index contributed by atoms with van der Waals surface area (Å²) in [4.78, 5) is 23.7. The average Bonchev–Trinajstić information content (AvgIpc) is 2.36. The van der Waals surface area contributed by atoms with E-state index in [1.807, 2.05) is 6.07 Å². The highest BCUT2D eigenvalue weighted by Crippen LogP contribution is 2.19. The van der Waals surface area contributed by atoms with Gasteiger partial charge in [-0.1, -0.05) is 12.1 Å². The molecule has 1 unspecified atom stereocenters. The fraction of sp³-hybridized carbons (Fsp3) is 0.308. The first-order chi connectivity index (χ1) is 8.52. The molecular weight excluding hydrogens is 254 g/mol. The number of carbonyl (C=O) groups is 2. The number of nitrogens with zero attached hydrogens (tertiary/aromatic N) is 1. The number of hydrogen-bond donors (Lipinski definition) is 0. The number of esters is 1. The lowest BCUT2D eigenvalue weighted by Crippen LogP contribution is -2.18. The van der Waals surface area contributed by atoms with E-state index in [2.05, 4.69) is 0 Å². The van der Waals surface area contributed by atoms with E-state index >= 15 is 0 Å². The maximum Gasteiger partial charge on any atom is 0.340 e. The second-order valence-electron chi connectivity index (χ2n) is 3.54. The molecule has 18 heavy (non-hydrogen) atoms. The monoisotopic (exact) mass is 265 g/mol. The first-order valence-electron chi connectivity index (χ1n) is 5.41. The largest absolute Gasteiger partial charge is 0.462 e. The van der Waals surface area contributed by atoms with Crippen LogP contribution in [-0.4, -0.2) is 23.7 Å². The third kappa shape index (κ3) is 2.88. The molecule has 0 saturated carbocycles. The highest BCUT2D eigenvalue weighted by molar-refractivity contribution is 6.34. The molecule has 0 heterocycles. The van der Waals surface area contributed by atoms with E-state index in [0.717, 1.165) is 0 Å². The Bertz CT molecular complexity index is 517. The zero-order chi connectivity index (χ0) is 13.7. The fourth-order valence-corrected chi connectivity index (χ4v) is 1.61. The summed E-state index contributed by atoms with van der Waals surface area (Å²) in [7, 11) is 0. The quantitative estimate of drug-likeness (QED) is 0.477. The van der Waals surface area contributed by atoms with Crippen molar-refractivity contribution >= 4 is 23.4 Å². The lowest BCUT2D eigenvalue weighted by molar-refractivity contribution is 0.0522. The molecule has 0 aliphatic carbocycles. The summed E-state index contributed by atoms with van der Waals surface area (Å²) in [6, 6.07) is 6.34. The fourth-order valence-electron chi connectivity index (χ4n) is 1.49. The van der Waals surface area contributed by atoms with Gasteiger partial charge in [-0.05, 0) is 19.9 Å². The van der Waals surface area contributed by atoms with E-state index in [0.29, 0.717) is 0 Å². The van der Waals surface area contributed by atoms with E-state index in [4.69, 9.17) is 21.6 Å². The van der Waals surface area contributed by atoms with Crippen molar-refractivity contribution in [1.29, 1.82) is 5.26 Å². The van der Waals surface area contributed by atoms with E-state index in [9.17, 15) is 9.59 Å². The molecule has 0 bridgehead atoms. The Morgan fingerprint density at radius 3 is 2.67 bits per heavy atom. The van der Waals surface area contributed by atoms with Gasteiger partial charge in [0.2, 0.25) is 0 Å². The molecule has 0 amide bonds. The molecule has 1 rings (SSSR count). The number of rotatable bonds is 4. The maximum absolute atomic E-state index is 11.9. The minimum atomic E-state index is -0.771. The van der Waals surface area contributed by atoms with Gasteiger partial charge in [-0.2, -0.15) is 5.26 Å². The molecular formula is C13H12ClNO3. The van der Waals surface area contributed by atoms with E-state index in [1.54, 1.807) is 6.92 Å². The number of nitriles is 1. The van der Waals surface area contributed by atoms with Crippen molar-refractivity contribution in [2.75, 3.05) is 6.61 Å². The van der Waals surface area contributed by atoms with Crippen molar-refractivity contribution in [3.8, 4) is 6.07 Å². The van der Waals surface area contributed by atoms with E-state index < -0.39 is 17.1 Å². The number of ether oxygens (including phenoxy) is 1. The zero-order valence-electron chi connectivity index (χ0n) is 10.1. The number of hydrogen-bond acceptors (Lipinski definition) is 4. The molecule has 0 radical (unpaired) electrons. The smallest absolute Gasteiger partial charge is 0.340 e. The molecule has 0 N–H and O–H groups in total. The molecule has 0 aliphatic heterocycles. The van der Waals surface area contributed by atoms with Crippen LogP contribution in [-0.2, 0) is 4.74 Å². The Morgan fingerprint density at radius 2 is 2.17 bits per heavy atom. The third-order valence-corrected chi connectivity index (χ3v) is 2.49. The first-order valence-corrected chi connectivity index (χ1v) is 5.85. The summed E-state index contributed by atoms with van der Waals surface area (Å²) in [5.41, 5.74) is 0.214. The highest BCUT2D eigenvalue weighted by atomic mass is 35.5. The average molecular weight is 266 g/mol. The maximum atomic E-state index is 11.9. The van der Waals surface area contributed by atoms with Gasteiger partial charge in [0.1, 0.15) is 6.07 Å². The van der Waals surface area contributed by atoms with Gasteiger partial charge < -0.3 is 4.74 Å². The molecule has 1 aromatic rings. The van der Waals surface area contributed by atoms with Crippen LogP contribution in [0.5, 0.6) is 0 Å². The molecule has 1 atom stereocenters. The van der Waals surface area contributed by atoms with Crippen LogP contribution in [0.1, 0.15) is 40.1 Å². The van der Waals surface area contributed by atoms with Gasteiger partial charge in [-0.25, -0.2) is 4.79 Å². The molecule has 0 spiro atoms. The third-order valence-electron chi connectivity index (χ3n) is 2.29. The number of halogens is 1. The Kier molecular flexibility index (Phi) is 4.87. The predicted octanol–water partition coefficient (Wildman–Crippen LogP) is 2.54. The number of Topliss-reactive ketones (excluding diaryl/α,β-unsaturated/α-hetero) is 1. The van der Waals surface area contributed by atoms with Gasteiger partial charge in [0.05, 0.1) is 23.1 Å². The van der Waals surface area contributed by atoms with Crippen LogP contribution in [0.15, 0.2) is 18.2 Å². The summed E-state index contributed by atoms with van der Waals surface area (Å²) in [6.07, 6.45) is 0. The van der Waals surface area contributed by atoms with Crippen LogP contribution in [0.25, 0.3) is 0 Å². The van der Waals surface area contributed by atoms with Gasteiger partial charge in [0.15, 0.2) is 5.78 Å². The Balaban J connectivity index is 3.39. The van der Waals surface area contributed by atoms with Gasteiger partial charge in [-0.3, -0.25) is 4.79 Å². The second kappa shape index (κ2) is 6.18. The minimum Gasteiger partial charge on any atom is -0.462 e. The highest BCUT2D eigenvalue weighted by Gasteiger charge is 2.24. The van der Waals surface area contributed by atoms with Gasteiger partial charge in [0, 0.05) is 5.56 Å². The molecule has 4 nitrogen and oxygen atoms in total. The summed E-state index contributed by atoms with van der Waals surface area (Å²) >= 11 is 5.73. The molecule has 5 heteroatoms. The Hall–Kier alpha value is -1.86. The lowest BCUT2D eigenvalue weighted by Gasteiger charge is -2.10. The molecule has 1 aromatic carbocycles. The van der Waals surface area contributed by atoms with Crippen LogP contribution < -0.4 is 0 Å². The summed E-state index contributed by atoms with van der Waals surface area (Å²) in [5, 5.41) is 8.21. The van der Waals surface area contributed by atoms with Crippen molar-refractivity contribution in [2.45, 2.75) is 19.2 Å². The Labute approximate surface area is 110 Å². The summed E-state index contributed by atoms with van der Waals surface area (Å²) in [6.45, 7) is 3.33. The van der Waals surface area contributed by atoms with E-state index in [-0.39, 0.29) is 23.3 Å². The van der Waals surface area contributed by atoms with Crippen LogP contribution >= 0.6 is 11.6 Å². The topological polar surface area (TPSA) is 67.2 Å². The summed E-state index contributed by atoms with van der Waals surface area (Å²) < 4.78 is 4.86. The van der Waals surface area contributed by atoms with Gasteiger partial charge in [-0.15, -0.1) is 11.6 Å². The molecule has 0 fully saturated rings. The van der Waals surface area contributed by atoms with Crippen molar-refractivity contribution in [2.24, 2.45) is 0 Å². The summed E-state index contributed by atoms with van der Waals surface area (Å²) in [5.74, 6) is -1.09. The van der Waals surface area contributed by atoms with Crippen molar-refractivity contribution in [1.82, 2.24) is 0 Å². The standard InChI is InChI=1S/C13H12ClNO3/c1-3-18-13(17)11-9(7-15)5-4-6-10(11)12(16)8(2)14/h4-6,8H,3H2,1-2H3. The van der Waals surface area contributed by atoms with Crippen LogP contribution in [0.4, 0.5) is 0 Å². The molecule has 0 aromatic heterocycles. The van der Waals surface area contributed by atoms with Crippen molar-refractivity contribution in [3.05, 3.63) is 34.9 Å². The lowest BCUT2D eigenvalue weighted by atomic mass is 9.97. The first kappa shape index (κ1) is 14.2. The van der Waals surface area contributed by atoms with Crippen molar-refractivity contribution in [3.63, 3.8) is 0 Å². The molecule has 94 valence electrons. The minimum absolute atomic E-state index is 0.0145. The second-order valence-corrected chi connectivity index (χ2v) is 4.20. The number of carbonyl (C=O) groups excluding carboxylic acids is 2. The number of benzene rings is 1. The molecule has 0 saturated heterocycles. The van der Waals surface area contributed by atoms with Crippen LogP contribution in [0, 0.1) is 11.3 Å². The predicted molar refractivity (Wildman–Crippen MR) is 66.8 cm³/mol. The van der Waals surface area contributed by atoms with Gasteiger partial charge in [0.25, 0.3) is 0 Å². The zero-order valence-corrected chi connectivity index (χ0v) is 10.8.